The molecule has 0 unspecified atom stereocenters. The highest BCUT2D eigenvalue weighted by atomic mass is 32.2. The summed E-state index contributed by atoms with van der Waals surface area (Å²) in [5.74, 6) is -0.216. The van der Waals surface area contributed by atoms with E-state index < -0.39 is 10.0 Å². The molecule has 0 aliphatic heterocycles. The fourth-order valence-corrected chi connectivity index (χ4v) is 5.23. The predicted molar refractivity (Wildman–Crippen MR) is 104 cm³/mol. The van der Waals surface area contributed by atoms with Crippen LogP contribution in [0.2, 0.25) is 0 Å². The van der Waals surface area contributed by atoms with E-state index in [1.54, 1.807) is 24.3 Å². The first-order valence-corrected chi connectivity index (χ1v) is 11.2. The number of carbonyl (C=O) groups is 1. The molecule has 146 valence electrons. The summed E-state index contributed by atoms with van der Waals surface area (Å²) in [4.78, 5) is 12.8. The lowest BCUT2D eigenvalue weighted by atomic mass is 9.95. The summed E-state index contributed by atoms with van der Waals surface area (Å²) in [5, 5.41) is 2.94. The van der Waals surface area contributed by atoms with Crippen LogP contribution in [0.5, 0.6) is 0 Å². The molecular weight excluding hydrogens is 348 g/mol. The quantitative estimate of drug-likeness (QED) is 0.749. The summed E-state index contributed by atoms with van der Waals surface area (Å²) in [6, 6.07) is 6.84. The van der Waals surface area contributed by atoms with Crippen LogP contribution in [-0.2, 0) is 14.8 Å². The fourth-order valence-electron chi connectivity index (χ4n) is 3.59. The summed E-state index contributed by atoms with van der Waals surface area (Å²) in [5.41, 5.74) is 1.01. The second-order valence-electron chi connectivity index (χ2n) is 7.41. The Morgan fingerprint density at radius 3 is 2.38 bits per heavy atom. The van der Waals surface area contributed by atoms with Crippen LogP contribution in [0.15, 0.2) is 29.2 Å². The Bertz CT molecular complexity index is 680. The van der Waals surface area contributed by atoms with Gasteiger partial charge in [0.25, 0.3) is 0 Å². The van der Waals surface area contributed by atoms with Crippen molar-refractivity contribution in [3.63, 3.8) is 0 Å². The van der Waals surface area contributed by atoms with Crippen molar-refractivity contribution in [1.29, 1.82) is 0 Å². The van der Waals surface area contributed by atoms with Crippen molar-refractivity contribution in [2.75, 3.05) is 6.54 Å². The van der Waals surface area contributed by atoms with Gasteiger partial charge in [-0.05, 0) is 45.2 Å². The molecule has 0 bridgehead atoms. The summed E-state index contributed by atoms with van der Waals surface area (Å²) in [7, 11) is -3.69. The molecule has 2 rings (SSSR count). The smallest absolute Gasteiger partial charge is 0.243 e. The van der Waals surface area contributed by atoms with E-state index in [4.69, 9.17) is 0 Å². The molecule has 1 aliphatic rings. The Morgan fingerprint density at radius 1 is 1.19 bits per heavy atom. The number of nitrogens with one attached hydrogen (secondary N) is 1. The van der Waals surface area contributed by atoms with E-state index in [9.17, 15) is 13.2 Å². The largest absolute Gasteiger partial charge is 0.353 e. The molecule has 0 saturated heterocycles. The average Bonchev–Trinajstić information content (AvgIpc) is 2.61. The Hall–Kier alpha value is -1.40. The van der Waals surface area contributed by atoms with Gasteiger partial charge in [-0.3, -0.25) is 4.79 Å². The van der Waals surface area contributed by atoms with Crippen molar-refractivity contribution in [3.05, 3.63) is 29.8 Å². The number of sulfonamides is 1. The van der Waals surface area contributed by atoms with Gasteiger partial charge in [-0.15, -0.1) is 0 Å². The molecule has 0 radical (unpaired) electrons. The van der Waals surface area contributed by atoms with Gasteiger partial charge in [-0.25, -0.2) is 8.42 Å². The van der Waals surface area contributed by atoms with Gasteiger partial charge < -0.3 is 5.32 Å². The third-order valence-corrected chi connectivity index (χ3v) is 6.95. The van der Waals surface area contributed by atoms with Crippen molar-refractivity contribution in [2.45, 2.75) is 82.7 Å². The van der Waals surface area contributed by atoms with Gasteiger partial charge in [-0.1, -0.05) is 50.3 Å². The molecule has 0 aromatic heterocycles. The molecule has 1 saturated carbocycles. The van der Waals surface area contributed by atoms with Crippen LogP contribution in [0.25, 0.3) is 0 Å². The van der Waals surface area contributed by atoms with Crippen molar-refractivity contribution < 1.29 is 13.2 Å². The Balaban J connectivity index is 2.22. The number of hydrogen-bond donors (Lipinski definition) is 1. The molecule has 1 aliphatic carbocycles. The van der Waals surface area contributed by atoms with Crippen molar-refractivity contribution >= 4 is 15.9 Å². The molecule has 6 heteroatoms. The zero-order valence-electron chi connectivity index (χ0n) is 16.2. The SMILES string of the molecule is CCC[C@H](C)NC(=O)CN(C1CCCCC1)S(=O)(=O)c1ccc(C)cc1. The molecular formula is C20H32N2O3S. The minimum atomic E-state index is -3.69. The van der Waals surface area contributed by atoms with E-state index in [0.29, 0.717) is 0 Å². The number of aryl methyl sites for hydroxylation is 1. The van der Waals surface area contributed by atoms with Crippen molar-refractivity contribution in [1.82, 2.24) is 9.62 Å². The van der Waals surface area contributed by atoms with Crippen LogP contribution in [0.1, 0.15) is 64.4 Å². The molecule has 0 spiro atoms. The van der Waals surface area contributed by atoms with Crippen LogP contribution in [0.3, 0.4) is 0 Å². The maximum atomic E-state index is 13.2. The normalized spacial score (nSPS) is 17.2. The number of carbonyl (C=O) groups excluding carboxylic acids is 1. The molecule has 1 fully saturated rings. The van der Waals surface area contributed by atoms with Gasteiger partial charge in [0, 0.05) is 12.1 Å². The summed E-state index contributed by atoms with van der Waals surface area (Å²) in [6.07, 6.45) is 6.67. The number of rotatable bonds is 8. The van der Waals surface area contributed by atoms with Crippen molar-refractivity contribution in [3.8, 4) is 0 Å². The van der Waals surface area contributed by atoms with Crippen molar-refractivity contribution in [2.24, 2.45) is 0 Å². The van der Waals surface area contributed by atoms with E-state index in [0.717, 1.165) is 50.5 Å². The van der Waals surface area contributed by atoms with Crippen LogP contribution < -0.4 is 5.32 Å². The van der Waals surface area contributed by atoms with Gasteiger partial charge in [0.1, 0.15) is 0 Å². The molecule has 1 N–H and O–H groups in total. The second-order valence-corrected chi connectivity index (χ2v) is 9.30. The Morgan fingerprint density at radius 2 is 1.81 bits per heavy atom. The van der Waals surface area contributed by atoms with Gasteiger partial charge in [0.05, 0.1) is 11.4 Å². The third kappa shape index (κ3) is 5.55. The van der Waals surface area contributed by atoms with Crippen LogP contribution in [0, 0.1) is 6.92 Å². The number of nitrogens with zero attached hydrogens (tertiary/aromatic N) is 1. The number of amides is 1. The standard InChI is InChI=1S/C20H32N2O3S/c1-4-8-17(3)21-20(23)15-22(18-9-6-5-7-10-18)26(24,25)19-13-11-16(2)12-14-19/h11-14,17-18H,4-10,15H2,1-3H3,(H,21,23)/t17-/m0/s1. The summed E-state index contributed by atoms with van der Waals surface area (Å²) < 4.78 is 27.9. The lowest BCUT2D eigenvalue weighted by Gasteiger charge is -2.33. The minimum absolute atomic E-state index is 0.0581. The topological polar surface area (TPSA) is 66.5 Å². The lowest BCUT2D eigenvalue weighted by molar-refractivity contribution is -0.122. The van der Waals surface area contributed by atoms with Crippen LogP contribution >= 0.6 is 0 Å². The second kappa shape index (κ2) is 9.51. The monoisotopic (exact) mass is 380 g/mol. The van der Waals surface area contributed by atoms with E-state index in [1.165, 1.54) is 4.31 Å². The number of hydrogen-bond acceptors (Lipinski definition) is 3. The molecule has 5 nitrogen and oxygen atoms in total. The Labute approximate surface area is 158 Å². The minimum Gasteiger partial charge on any atom is -0.353 e. The van der Waals surface area contributed by atoms with E-state index in [1.807, 2.05) is 13.8 Å². The molecule has 1 aromatic rings. The Kier molecular flexibility index (Phi) is 7.65. The molecule has 0 heterocycles. The zero-order valence-corrected chi connectivity index (χ0v) is 17.0. The third-order valence-electron chi connectivity index (χ3n) is 5.04. The highest BCUT2D eigenvalue weighted by Crippen LogP contribution is 2.27. The maximum Gasteiger partial charge on any atom is 0.243 e. The molecule has 1 atom stereocenters. The predicted octanol–water partition coefficient (Wildman–Crippen LogP) is 3.62. The highest BCUT2D eigenvalue weighted by Gasteiger charge is 2.34. The first kappa shape index (κ1) is 20.9. The molecule has 26 heavy (non-hydrogen) atoms. The van der Waals surface area contributed by atoms with Crippen LogP contribution in [0.4, 0.5) is 0 Å². The average molecular weight is 381 g/mol. The molecule has 1 amide bonds. The maximum absolute atomic E-state index is 13.2. The summed E-state index contributed by atoms with van der Waals surface area (Å²) >= 11 is 0. The highest BCUT2D eigenvalue weighted by molar-refractivity contribution is 7.89. The van der Waals surface area contributed by atoms with Crippen LogP contribution in [-0.4, -0.2) is 37.3 Å². The van der Waals surface area contributed by atoms with Gasteiger partial charge in [0.15, 0.2) is 0 Å². The van der Waals surface area contributed by atoms with E-state index >= 15 is 0 Å². The fraction of sp³-hybridized carbons (Fsp3) is 0.650. The number of benzene rings is 1. The lowest BCUT2D eigenvalue weighted by Crippen LogP contribution is -2.48. The van der Waals surface area contributed by atoms with E-state index in [-0.39, 0.29) is 29.4 Å². The van der Waals surface area contributed by atoms with Gasteiger partial charge in [0.2, 0.25) is 15.9 Å². The summed E-state index contributed by atoms with van der Waals surface area (Å²) in [6.45, 7) is 5.85. The first-order chi connectivity index (χ1) is 12.3. The van der Waals surface area contributed by atoms with Gasteiger partial charge in [-0.2, -0.15) is 4.31 Å². The molecule has 1 aromatic carbocycles. The zero-order chi connectivity index (χ0) is 19.2. The first-order valence-electron chi connectivity index (χ1n) is 9.72. The van der Waals surface area contributed by atoms with Gasteiger partial charge >= 0.3 is 0 Å². The van der Waals surface area contributed by atoms with E-state index in [2.05, 4.69) is 12.2 Å².